The van der Waals surface area contributed by atoms with E-state index in [9.17, 15) is 4.39 Å². The van der Waals surface area contributed by atoms with Crippen molar-refractivity contribution in [3.63, 3.8) is 0 Å². The molecule has 0 amide bonds. The molecule has 108 valence electrons. The molecule has 1 nitrogen and oxygen atoms in total. The summed E-state index contributed by atoms with van der Waals surface area (Å²) in [7, 11) is 0. The molecule has 4 heteroatoms. The van der Waals surface area contributed by atoms with Gasteiger partial charge in [0.2, 0.25) is 0 Å². The van der Waals surface area contributed by atoms with Crippen LogP contribution >= 0.6 is 27.7 Å². The van der Waals surface area contributed by atoms with E-state index in [0.29, 0.717) is 17.7 Å². The molecule has 0 spiro atoms. The van der Waals surface area contributed by atoms with Crippen LogP contribution in [0.25, 0.3) is 0 Å². The van der Waals surface area contributed by atoms with Gasteiger partial charge in [-0.3, -0.25) is 0 Å². The van der Waals surface area contributed by atoms with Gasteiger partial charge in [0.15, 0.2) is 0 Å². The Morgan fingerprint density at radius 2 is 2.05 bits per heavy atom. The fraction of sp³-hybridized carbons (Fsp3) is 0.176. The Kier molecular flexibility index (Phi) is 6.31. The highest BCUT2D eigenvalue weighted by atomic mass is 79.9. The quantitative estimate of drug-likeness (QED) is 0.631. The van der Waals surface area contributed by atoms with Gasteiger partial charge in [0.1, 0.15) is 5.82 Å². The molecule has 0 aliphatic rings. The molecule has 21 heavy (non-hydrogen) atoms. The number of hydrogen-bond acceptors (Lipinski definition) is 2. The monoisotopic (exact) mass is 364 g/mol. The first-order valence-corrected chi connectivity index (χ1v) is 8.23. The molecule has 0 bridgehead atoms. The maximum atomic E-state index is 13.6. The van der Waals surface area contributed by atoms with Gasteiger partial charge >= 0.3 is 0 Å². The van der Waals surface area contributed by atoms with Crippen molar-refractivity contribution in [3.05, 3.63) is 63.9 Å². The summed E-state index contributed by atoms with van der Waals surface area (Å²) in [5.41, 5.74) is 1.54. The maximum absolute atomic E-state index is 13.6. The Hall–Kier alpha value is -1.28. The van der Waals surface area contributed by atoms with Crippen LogP contribution in [0.15, 0.2) is 51.8 Å². The van der Waals surface area contributed by atoms with E-state index in [1.165, 1.54) is 12.1 Å². The Labute approximate surface area is 136 Å². The second-order valence-electron chi connectivity index (χ2n) is 4.37. The highest BCUT2D eigenvalue weighted by Crippen LogP contribution is 2.26. The van der Waals surface area contributed by atoms with Gasteiger partial charge in [0.05, 0.1) is 6.61 Å². The summed E-state index contributed by atoms with van der Waals surface area (Å²) < 4.78 is 14.6. The normalized spacial score (nSPS) is 10.0. The third-order valence-electron chi connectivity index (χ3n) is 2.63. The SMILES string of the molecule is OCCC#Cc1cc(F)cc(CSc2cccc(Br)c2)c1. The van der Waals surface area contributed by atoms with E-state index in [2.05, 4.69) is 27.8 Å². The number of halogens is 2. The van der Waals surface area contributed by atoms with Gasteiger partial charge in [-0.2, -0.15) is 0 Å². The van der Waals surface area contributed by atoms with E-state index in [0.717, 1.165) is 14.9 Å². The topological polar surface area (TPSA) is 20.2 Å². The Bertz CT molecular complexity index is 676. The fourth-order valence-electron chi connectivity index (χ4n) is 1.75. The van der Waals surface area contributed by atoms with Gasteiger partial charge in [-0.25, -0.2) is 4.39 Å². The van der Waals surface area contributed by atoms with Crippen LogP contribution in [-0.2, 0) is 5.75 Å². The predicted octanol–water partition coefficient (Wildman–Crippen LogP) is 4.61. The molecular formula is C17H14BrFOS. The van der Waals surface area contributed by atoms with Crippen molar-refractivity contribution in [3.8, 4) is 11.8 Å². The molecule has 0 saturated heterocycles. The summed E-state index contributed by atoms with van der Waals surface area (Å²) >= 11 is 5.08. The van der Waals surface area contributed by atoms with Crippen LogP contribution in [0.2, 0.25) is 0 Å². The average Bonchev–Trinajstić information content (AvgIpc) is 2.45. The smallest absolute Gasteiger partial charge is 0.124 e. The summed E-state index contributed by atoms with van der Waals surface area (Å²) in [6.07, 6.45) is 0.401. The summed E-state index contributed by atoms with van der Waals surface area (Å²) in [6.45, 7) is 0.0217. The lowest BCUT2D eigenvalue weighted by atomic mass is 10.1. The summed E-state index contributed by atoms with van der Waals surface area (Å²) in [5.74, 6) is 6.08. The first-order valence-electron chi connectivity index (χ1n) is 6.45. The summed E-state index contributed by atoms with van der Waals surface area (Å²) in [4.78, 5) is 1.13. The van der Waals surface area contributed by atoms with Crippen LogP contribution in [0, 0.1) is 17.7 Å². The zero-order valence-corrected chi connectivity index (χ0v) is 13.7. The standard InChI is InChI=1S/C17H14BrFOS/c18-15-5-3-6-17(11-15)21-12-14-8-13(4-1-2-7-20)9-16(19)10-14/h3,5-6,8-11,20H,2,7,12H2. The molecule has 0 atom stereocenters. The van der Waals surface area contributed by atoms with Crippen molar-refractivity contribution in [2.75, 3.05) is 6.61 Å². The molecule has 0 saturated carbocycles. The molecule has 0 radical (unpaired) electrons. The lowest BCUT2D eigenvalue weighted by Gasteiger charge is -2.04. The van der Waals surface area contributed by atoms with Crippen LogP contribution in [0.5, 0.6) is 0 Å². The molecule has 0 unspecified atom stereocenters. The molecule has 0 aliphatic heterocycles. The molecule has 2 aromatic rings. The molecule has 0 aromatic heterocycles. The molecule has 0 aliphatic carbocycles. The minimum absolute atomic E-state index is 0.0217. The van der Waals surface area contributed by atoms with Crippen molar-refractivity contribution >= 4 is 27.7 Å². The highest BCUT2D eigenvalue weighted by Gasteiger charge is 2.01. The van der Waals surface area contributed by atoms with Gasteiger partial charge in [-0.05, 0) is 42.0 Å². The minimum Gasteiger partial charge on any atom is -0.395 e. The van der Waals surface area contributed by atoms with E-state index in [1.54, 1.807) is 11.8 Å². The van der Waals surface area contributed by atoms with Gasteiger partial charge < -0.3 is 5.11 Å². The third kappa shape index (κ3) is 5.55. The van der Waals surface area contributed by atoms with Gasteiger partial charge in [-0.15, -0.1) is 11.8 Å². The van der Waals surface area contributed by atoms with E-state index < -0.39 is 0 Å². The first-order chi connectivity index (χ1) is 10.2. The van der Waals surface area contributed by atoms with Crippen molar-refractivity contribution in [2.24, 2.45) is 0 Å². The Morgan fingerprint density at radius 1 is 1.19 bits per heavy atom. The minimum atomic E-state index is -0.282. The Morgan fingerprint density at radius 3 is 2.81 bits per heavy atom. The van der Waals surface area contributed by atoms with Crippen LogP contribution < -0.4 is 0 Å². The van der Waals surface area contributed by atoms with Crippen LogP contribution in [0.3, 0.4) is 0 Å². The molecule has 2 rings (SSSR count). The van der Waals surface area contributed by atoms with Crippen molar-refractivity contribution in [1.29, 1.82) is 0 Å². The van der Waals surface area contributed by atoms with Gasteiger partial charge in [-0.1, -0.05) is 33.8 Å². The van der Waals surface area contributed by atoms with E-state index in [4.69, 9.17) is 5.11 Å². The average molecular weight is 365 g/mol. The Balaban J connectivity index is 2.08. The second kappa shape index (κ2) is 8.23. The zero-order chi connectivity index (χ0) is 15.1. The lowest BCUT2D eigenvalue weighted by molar-refractivity contribution is 0.305. The van der Waals surface area contributed by atoms with E-state index in [-0.39, 0.29) is 12.4 Å². The molecular weight excluding hydrogens is 351 g/mol. The number of thioether (sulfide) groups is 1. The fourth-order valence-corrected chi connectivity index (χ4v) is 3.19. The predicted molar refractivity (Wildman–Crippen MR) is 88.7 cm³/mol. The zero-order valence-electron chi connectivity index (χ0n) is 11.3. The van der Waals surface area contributed by atoms with Crippen LogP contribution in [-0.4, -0.2) is 11.7 Å². The second-order valence-corrected chi connectivity index (χ2v) is 6.33. The van der Waals surface area contributed by atoms with E-state index in [1.807, 2.05) is 30.3 Å². The van der Waals surface area contributed by atoms with Gasteiger partial charge in [0.25, 0.3) is 0 Å². The molecule has 1 N–H and O–H groups in total. The number of aliphatic hydroxyl groups is 1. The maximum Gasteiger partial charge on any atom is 0.124 e. The number of aliphatic hydroxyl groups excluding tert-OH is 1. The van der Waals surface area contributed by atoms with Crippen molar-refractivity contribution in [1.82, 2.24) is 0 Å². The third-order valence-corrected chi connectivity index (χ3v) is 4.19. The molecule has 2 aromatic carbocycles. The van der Waals surface area contributed by atoms with Crippen molar-refractivity contribution < 1.29 is 9.50 Å². The highest BCUT2D eigenvalue weighted by molar-refractivity contribution is 9.10. The number of rotatable bonds is 4. The summed E-state index contributed by atoms with van der Waals surface area (Å²) in [5, 5.41) is 8.70. The molecule has 0 fully saturated rings. The van der Waals surface area contributed by atoms with Crippen LogP contribution in [0.1, 0.15) is 17.5 Å². The largest absolute Gasteiger partial charge is 0.395 e. The molecule has 0 heterocycles. The van der Waals surface area contributed by atoms with E-state index >= 15 is 0 Å². The first kappa shape index (κ1) is 16.1. The number of benzene rings is 2. The number of hydrogen-bond donors (Lipinski definition) is 1. The van der Waals surface area contributed by atoms with Crippen LogP contribution in [0.4, 0.5) is 4.39 Å². The van der Waals surface area contributed by atoms with Gasteiger partial charge in [0, 0.05) is 27.1 Å². The summed E-state index contributed by atoms with van der Waals surface area (Å²) in [6, 6.07) is 12.8. The van der Waals surface area contributed by atoms with Crippen molar-refractivity contribution in [2.45, 2.75) is 17.1 Å². The lowest BCUT2D eigenvalue weighted by Crippen LogP contribution is -1.87.